The maximum absolute atomic E-state index is 15.9. The van der Waals surface area contributed by atoms with Crippen LogP contribution in [0.4, 0.5) is 14.6 Å². The zero-order valence-electron chi connectivity index (χ0n) is 23.9. The van der Waals surface area contributed by atoms with Crippen molar-refractivity contribution in [2.24, 2.45) is 0 Å². The van der Waals surface area contributed by atoms with Crippen LogP contribution in [0.2, 0.25) is 0 Å². The van der Waals surface area contributed by atoms with Crippen LogP contribution in [0.15, 0.2) is 60.5 Å². The zero-order chi connectivity index (χ0) is 30.7. The van der Waals surface area contributed by atoms with E-state index in [-0.39, 0.29) is 29.2 Å². The Morgan fingerprint density at radius 3 is 2.70 bits per heavy atom. The minimum absolute atomic E-state index is 0.0525. The van der Waals surface area contributed by atoms with Crippen molar-refractivity contribution < 1.29 is 23.1 Å². The molecule has 7 rings (SSSR count). The van der Waals surface area contributed by atoms with Crippen LogP contribution in [0.3, 0.4) is 0 Å². The van der Waals surface area contributed by atoms with Gasteiger partial charge in [0, 0.05) is 51.2 Å². The number of rotatable bonds is 6. The maximum Gasteiger partial charge on any atom is 0.260 e. The van der Waals surface area contributed by atoms with E-state index in [1.807, 2.05) is 29.6 Å². The van der Waals surface area contributed by atoms with Gasteiger partial charge in [-0.15, -0.1) is 22.7 Å². The molecule has 0 unspecified atom stereocenters. The van der Waals surface area contributed by atoms with Crippen molar-refractivity contribution in [1.29, 1.82) is 0 Å². The molecule has 0 saturated heterocycles. The van der Waals surface area contributed by atoms with Crippen molar-refractivity contribution in [1.82, 2.24) is 14.9 Å². The van der Waals surface area contributed by atoms with Crippen molar-refractivity contribution in [2.45, 2.75) is 39.5 Å². The standard InChI is InChI=1S/C33H26F2N4O3S2/c1-4-26(40)38-11-9-23-25(16-38)44-32(36-23)29-28(27-22(35)13-19(34)14-24(27)42-17(2)3)30-21(10-12-43-30)31(37-29)39-15-18-7-5-6-8-20(18)33(39)41/h4-8,10,12-14,17H,1,9,11,15-16H2,2-3H3. The van der Waals surface area contributed by atoms with E-state index in [1.54, 1.807) is 29.7 Å². The third-order valence-corrected chi connectivity index (χ3v) is 9.74. The highest BCUT2D eigenvalue weighted by Gasteiger charge is 2.34. The van der Waals surface area contributed by atoms with E-state index in [2.05, 4.69) is 6.58 Å². The van der Waals surface area contributed by atoms with Crippen LogP contribution in [-0.2, 0) is 24.3 Å². The highest BCUT2D eigenvalue weighted by molar-refractivity contribution is 7.18. The fourth-order valence-corrected chi connectivity index (χ4v) is 7.84. The van der Waals surface area contributed by atoms with Gasteiger partial charge in [-0.05, 0) is 43.0 Å². The van der Waals surface area contributed by atoms with E-state index in [4.69, 9.17) is 14.7 Å². The minimum atomic E-state index is -0.792. The van der Waals surface area contributed by atoms with Crippen LogP contribution in [0, 0.1) is 11.6 Å². The summed E-state index contributed by atoms with van der Waals surface area (Å²) in [5.74, 6) is -1.40. The van der Waals surface area contributed by atoms with E-state index in [0.717, 1.165) is 22.2 Å². The van der Waals surface area contributed by atoms with E-state index in [0.29, 0.717) is 63.8 Å². The normalized spacial score (nSPS) is 14.3. The summed E-state index contributed by atoms with van der Waals surface area (Å²) >= 11 is 2.75. The molecule has 2 aromatic carbocycles. The predicted molar refractivity (Wildman–Crippen MR) is 168 cm³/mol. The molecule has 2 aliphatic heterocycles. The molecule has 44 heavy (non-hydrogen) atoms. The Morgan fingerprint density at radius 2 is 1.93 bits per heavy atom. The second kappa shape index (κ2) is 10.9. The molecule has 0 bridgehead atoms. The second-order valence-electron chi connectivity index (χ2n) is 10.9. The first kappa shape index (κ1) is 28.3. The Balaban J connectivity index is 1.48. The lowest BCUT2D eigenvalue weighted by molar-refractivity contribution is -0.126. The Hall–Kier alpha value is -4.48. The van der Waals surface area contributed by atoms with Crippen LogP contribution in [0.25, 0.3) is 31.9 Å². The van der Waals surface area contributed by atoms with Crippen LogP contribution in [0.1, 0.15) is 40.3 Å². The molecule has 11 heteroatoms. The molecule has 5 heterocycles. The highest BCUT2D eigenvalue weighted by atomic mass is 32.1. The molecule has 0 saturated carbocycles. The third kappa shape index (κ3) is 4.67. The number of benzene rings is 2. The van der Waals surface area contributed by atoms with Gasteiger partial charge in [-0.25, -0.2) is 18.7 Å². The van der Waals surface area contributed by atoms with Gasteiger partial charge in [0.05, 0.1) is 30.5 Å². The number of hydrogen-bond acceptors (Lipinski definition) is 7. The fourth-order valence-electron chi connectivity index (χ4n) is 5.78. The van der Waals surface area contributed by atoms with Crippen LogP contribution in [0.5, 0.6) is 5.75 Å². The Kier molecular flexibility index (Phi) is 7.01. The first-order chi connectivity index (χ1) is 21.2. The first-order valence-electron chi connectivity index (χ1n) is 14.1. The number of anilines is 1. The van der Waals surface area contributed by atoms with Gasteiger partial charge in [0.15, 0.2) is 0 Å². The molecule has 0 N–H and O–H groups in total. The highest BCUT2D eigenvalue weighted by Crippen LogP contribution is 2.49. The van der Waals surface area contributed by atoms with Crippen LogP contribution >= 0.6 is 22.7 Å². The molecular formula is C33H26F2N4O3S2. The molecule has 0 aliphatic carbocycles. The number of carbonyl (C=O) groups excluding carboxylic acids is 2. The van der Waals surface area contributed by atoms with Crippen molar-refractivity contribution in [2.75, 3.05) is 11.4 Å². The molecule has 222 valence electrons. The molecule has 0 atom stereocenters. The van der Waals surface area contributed by atoms with Crippen LogP contribution in [-0.4, -0.2) is 39.3 Å². The van der Waals surface area contributed by atoms with Crippen molar-refractivity contribution in [3.8, 4) is 27.6 Å². The molecule has 0 spiro atoms. The first-order valence-corrected chi connectivity index (χ1v) is 15.8. The number of hydrogen-bond donors (Lipinski definition) is 0. The summed E-state index contributed by atoms with van der Waals surface area (Å²) in [6.07, 6.45) is 1.48. The fraction of sp³-hybridized carbons (Fsp3) is 0.212. The molecule has 0 fully saturated rings. The predicted octanol–water partition coefficient (Wildman–Crippen LogP) is 7.38. The average Bonchev–Trinajstić information content (AvgIpc) is 3.73. The van der Waals surface area contributed by atoms with Gasteiger partial charge in [-0.3, -0.25) is 14.5 Å². The smallest absolute Gasteiger partial charge is 0.260 e. The number of thiazole rings is 1. The Labute approximate surface area is 260 Å². The number of carbonyl (C=O) groups is 2. The minimum Gasteiger partial charge on any atom is -0.490 e. The van der Waals surface area contributed by atoms with Gasteiger partial charge >= 0.3 is 0 Å². The lowest BCUT2D eigenvalue weighted by Gasteiger charge is -2.24. The van der Waals surface area contributed by atoms with E-state index >= 15 is 4.39 Å². The number of fused-ring (bicyclic) bond motifs is 3. The van der Waals surface area contributed by atoms with E-state index in [1.165, 1.54) is 34.8 Å². The number of halogens is 2. The molecular weight excluding hydrogens is 603 g/mol. The van der Waals surface area contributed by atoms with E-state index in [9.17, 15) is 14.0 Å². The number of aromatic nitrogens is 2. The summed E-state index contributed by atoms with van der Waals surface area (Å²) in [5, 5.41) is 3.04. The van der Waals surface area contributed by atoms with Crippen molar-refractivity contribution in [3.05, 3.63) is 93.8 Å². The zero-order valence-corrected chi connectivity index (χ0v) is 25.5. The summed E-state index contributed by atoms with van der Waals surface area (Å²) in [6.45, 7) is 8.39. The van der Waals surface area contributed by atoms with Gasteiger partial charge in [-0.1, -0.05) is 24.8 Å². The van der Waals surface area contributed by atoms with Gasteiger partial charge < -0.3 is 9.64 Å². The molecule has 3 aromatic heterocycles. The SMILES string of the molecule is C=CC(=O)N1CCc2nc(-c3nc(N4Cc5ccccc5C4=O)c4ccsc4c3-c3c(F)cc(F)cc3OC(C)C)sc2C1. The molecule has 0 radical (unpaired) electrons. The lowest BCUT2D eigenvalue weighted by atomic mass is 10.00. The summed E-state index contributed by atoms with van der Waals surface area (Å²) in [4.78, 5) is 40.3. The number of ether oxygens (including phenoxy) is 1. The second-order valence-corrected chi connectivity index (χ2v) is 12.9. The maximum atomic E-state index is 15.9. The van der Waals surface area contributed by atoms with Crippen LogP contribution < -0.4 is 9.64 Å². The summed E-state index contributed by atoms with van der Waals surface area (Å²) < 4.78 is 37.1. The lowest BCUT2D eigenvalue weighted by Crippen LogP contribution is -2.34. The quantitative estimate of drug-likeness (QED) is 0.184. The topological polar surface area (TPSA) is 75.6 Å². The largest absolute Gasteiger partial charge is 0.490 e. The monoisotopic (exact) mass is 628 g/mol. The van der Waals surface area contributed by atoms with Gasteiger partial charge in [0.2, 0.25) is 5.91 Å². The van der Waals surface area contributed by atoms with Gasteiger partial charge in [0.25, 0.3) is 5.91 Å². The summed E-state index contributed by atoms with van der Waals surface area (Å²) in [6, 6.07) is 11.3. The average molecular weight is 629 g/mol. The number of amides is 2. The Bertz CT molecular complexity index is 2000. The molecule has 2 aliphatic rings. The van der Waals surface area contributed by atoms with Gasteiger partial charge in [0.1, 0.15) is 33.9 Å². The summed E-state index contributed by atoms with van der Waals surface area (Å²) in [7, 11) is 0. The Morgan fingerprint density at radius 1 is 1.11 bits per heavy atom. The van der Waals surface area contributed by atoms with Crippen molar-refractivity contribution in [3.63, 3.8) is 0 Å². The van der Waals surface area contributed by atoms with E-state index < -0.39 is 11.6 Å². The molecule has 5 aromatic rings. The molecule has 7 nitrogen and oxygen atoms in total. The van der Waals surface area contributed by atoms with Crippen molar-refractivity contribution >= 4 is 50.4 Å². The number of pyridine rings is 1. The molecule has 2 amide bonds. The van der Waals surface area contributed by atoms with Gasteiger partial charge in [-0.2, -0.15) is 0 Å². The third-order valence-electron chi connectivity index (χ3n) is 7.72. The summed E-state index contributed by atoms with van der Waals surface area (Å²) in [5.41, 5.74) is 3.19. The number of nitrogens with zero attached hydrogens (tertiary/aromatic N) is 4. The number of thiophene rings is 1.